The molecule has 1 aliphatic rings. The van der Waals surface area contributed by atoms with Gasteiger partial charge in [0.05, 0.1) is 11.6 Å². The van der Waals surface area contributed by atoms with Gasteiger partial charge in [0.2, 0.25) is 5.91 Å². The molecule has 6 nitrogen and oxygen atoms in total. The summed E-state index contributed by atoms with van der Waals surface area (Å²) in [6.07, 6.45) is 0.290. The van der Waals surface area contributed by atoms with E-state index in [4.69, 9.17) is 5.26 Å². The van der Waals surface area contributed by atoms with Crippen molar-refractivity contribution in [3.8, 4) is 6.07 Å². The predicted octanol–water partition coefficient (Wildman–Crippen LogP) is 2.79. The van der Waals surface area contributed by atoms with E-state index in [9.17, 15) is 9.59 Å². The zero-order valence-electron chi connectivity index (χ0n) is 16.1. The maximum absolute atomic E-state index is 13.1. The Bertz CT molecular complexity index is 885. The highest BCUT2D eigenvalue weighted by atomic mass is 79.9. The minimum absolute atomic E-state index is 0.0694. The van der Waals surface area contributed by atoms with Gasteiger partial charge in [0.15, 0.2) is 0 Å². The summed E-state index contributed by atoms with van der Waals surface area (Å²) in [6, 6.07) is 16.4. The number of rotatable bonds is 6. The molecule has 1 saturated heterocycles. The first-order valence-corrected chi connectivity index (χ1v) is 10.4. The third kappa shape index (κ3) is 5.89. The minimum Gasteiger partial charge on any atom is -0.340 e. The van der Waals surface area contributed by atoms with E-state index in [-0.39, 0.29) is 11.8 Å². The standard InChI is InChI=1S/C22H23BrN4O2/c23-20-7-3-18(4-8-20)16-27(12-9-21(28)26-13-10-25-11-14-26)22(29)19-5-1-17(15-24)2-6-19/h1-8,25H,9-14,16H2. The van der Waals surface area contributed by atoms with Crippen LogP contribution in [0.3, 0.4) is 0 Å². The van der Waals surface area contributed by atoms with Crippen LogP contribution in [0, 0.1) is 11.3 Å². The molecule has 0 radical (unpaired) electrons. The van der Waals surface area contributed by atoms with Crippen molar-refractivity contribution in [2.45, 2.75) is 13.0 Å². The molecule has 1 fully saturated rings. The number of amides is 2. The van der Waals surface area contributed by atoms with Gasteiger partial charge in [-0.3, -0.25) is 9.59 Å². The Morgan fingerprint density at radius 3 is 2.34 bits per heavy atom. The fraction of sp³-hybridized carbons (Fsp3) is 0.318. The number of carbonyl (C=O) groups is 2. The highest BCUT2D eigenvalue weighted by Gasteiger charge is 2.21. The Labute approximate surface area is 179 Å². The van der Waals surface area contributed by atoms with Crippen LogP contribution in [0.5, 0.6) is 0 Å². The number of hydrogen-bond acceptors (Lipinski definition) is 4. The van der Waals surface area contributed by atoms with E-state index in [0.717, 1.165) is 23.1 Å². The van der Waals surface area contributed by atoms with Gasteiger partial charge < -0.3 is 15.1 Å². The lowest BCUT2D eigenvalue weighted by molar-refractivity contribution is -0.132. The second-order valence-corrected chi connectivity index (χ2v) is 7.84. The molecule has 150 valence electrons. The molecule has 1 heterocycles. The van der Waals surface area contributed by atoms with Crippen LogP contribution in [0.25, 0.3) is 0 Å². The zero-order valence-corrected chi connectivity index (χ0v) is 17.7. The van der Waals surface area contributed by atoms with Gasteiger partial charge in [0.1, 0.15) is 0 Å². The Morgan fingerprint density at radius 1 is 1.07 bits per heavy atom. The summed E-state index contributed by atoms with van der Waals surface area (Å²) in [5.41, 5.74) is 2.01. The van der Waals surface area contributed by atoms with Crippen molar-refractivity contribution in [3.05, 3.63) is 69.7 Å². The number of piperazine rings is 1. The monoisotopic (exact) mass is 454 g/mol. The summed E-state index contributed by atoms with van der Waals surface area (Å²) in [7, 11) is 0. The van der Waals surface area contributed by atoms with E-state index in [1.807, 2.05) is 29.2 Å². The van der Waals surface area contributed by atoms with Crippen molar-refractivity contribution in [2.75, 3.05) is 32.7 Å². The number of nitrogens with one attached hydrogen (secondary N) is 1. The van der Waals surface area contributed by atoms with Gasteiger partial charge in [-0.25, -0.2) is 0 Å². The van der Waals surface area contributed by atoms with E-state index in [0.29, 0.717) is 43.7 Å². The Balaban J connectivity index is 1.72. The molecule has 2 aromatic carbocycles. The maximum atomic E-state index is 13.1. The van der Waals surface area contributed by atoms with Crippen LogP contribution in [0.1, 0.15) is 27.9 Å². The molecular formula is C22H23BrN4O2. The molecule has 2 amide bonds. The third-order valence-corrected chi connectivity index (χ3v) is 5.43. The summed E-state index contributed by atoms with van der Waals surface area (Å²) in [6.45, 7) is 3.78. The number of nitriles is 1. The molecule has 1 aliphatic heterocycles. The summed E-state index contributed by atoms with van der Waals surface area (Å²) in [4.78, 5) is 29.2. The molecule has 0 atom stereocenters. The molecular weight excluding hydrogens is 432 g/mol. The first kappa shape index (κ1) is 21.0. The number of halogens is 1. The topological polar surface area (TPSA) is 76.4 Å². The molecule has 29 heavy (non-hydrogen) atoms. The molecule has 0 saturated carbocycles. The van der Waals surface area contributed by atoms with Gasteiger partial charge in [-0.05, 0) is 42.0 Å². The van der Waals surface area contributed by atoms with E-state index in [1.165, 1.54) is 0 Å². The Hall–Kier alpha value is -2.69. The van der Waals surface area contributed by atoms with Gasteiger partial charge in [-0.15, -0.1) is 0 Å². The van der Waals surface area contributed by atoms with Crippen molar-refractivity contribution in [1.29, 1.82) is 5.26 Å². The second kappa shape index (κ2) is 10.2. The molecule has 0 unspecified atom stereocenters. The fourth-order valence-corrected chi connectivity index (χ4v) is 3.50. The number of carbonyl (C=O) groups excluding carboxylic acids is 2. The van der Waals surface area contributed by atoms with E-state index < -0.39 is 0 Å². The van der Waals surface area contributed by atoms with Crippen LogP contribution in [0.2, 0.25) is 0 Å². The smallest absolute Gasteiger partial charge is 0.254 e. The maximum Gasteiger partial charge on any atom is 0.254 e. The van der Waals surface area contributed by atoms with Crippen LogP contribution in [0.4, 0.5) is 0 Å². The molecule has 1 N–H and O–H groups in total. The largest absolute Gasteiger partial charge is 0.340 e. The van der Waals surface area contributed by atoms with Gasteiger partial charge in [0, 0.05) is 55.7 Å². The lowest BCUT2D eigenvalue weighted by atomic mass is 10.1. The number of nitrogens with zero attached hydrogens (tertiary/aromatic N) is 3. The fourth-order valence-electron chi connectivity index (χ4n) is 3.24. The van der Waals surface area contributed by atoms with Gasteiger partial charge in [0.25, 0.3) is 5.91 Å². The average Bonchev–Trinajstić information content (AvgIpc) is 2.78. The van der Waals surface area contributed by atoms with Gasteiger partial charge in [-0.2, -0.15) is 5.26 Å². The average molecular weight is 455 g/mol. The van der Waals surface area contributed by atoms with Crippen molar-refractivity contribution >= 4 is 27.7 Å². The van der Waals surface area contributed by atoms with E-state index in [1.54, 1.807) is 29.2 Å². The quantitative estimate of drug-likeness (QED) is 0.727. The Kier molecular flexibility index (Phi) is 7.39. The predicted molar refractivity (Wildman–Crippen MR) is 114 cm³/mol. The van der Waals surface area contributed by atoms with Crippen molar-refractivity contribution in [2.24, 2.45) is 0 Å². The summed E-state index contributed by atoms with van der Waals surface area (Å²) in [5, 5.41) is 12.2. The van der Waals surface area contributed by atoms with E-state index >= 15 is 0 Å². The first-order chi connectivity index (χ1) is 14.1. The highest BCUT2D eigenvalue weighted by Crippen LogP contribution is 2.15. The number of benzene rings is 2. The molecule has 7 heteroatoms. The van der Waals surface area contributed by atoms with Crippen LogP contribution >= 0.6 is 15.9 Å². The van der Waals surface area contributed by atoms with Crippen molar-refractivity contribution in [3.63, 3.8) is 0 Å². The van der Waals surface area contributed by atoms with Crippen LogP contribution < -0.4 is 5.32 Å². The molecule has 2 aromatic rings. The van der Waals surface area contributed by atoms with Gasteiger partial charge in [-0.1, -0.05) is 28.1 Å². The first-order valence-electron chi connectivity index (χ1n) is 9.59. The third-order valence-electron chi connectivity index (χ3n) is 4.90. The Morgan fingerprint density at radius 2 is 1.72 bits per heavy atom. The molecule has 0 aliphatic carbocycles. The normalized spacial score (nSPS) is 13.6. The summed E-state index contributed by atoms with van der Waals surface area (Å²) >= 11 is 3.42. The van der Waals surface area contributed by atoms with Crippen molar-refractivity contribution in [1.82, 2.24) is 15.1 Å². The highest BCUT2D eigenvalue weighted by molar-refractivity contribution is 9.10. The zero-order chi connectivity index (χ0) is 20.6. The molecule has 0 spiro atoms. The van der Waals surface area contributed by atoms with Gasteiger partial charge >= 0.3 is 0 Å². The van der Waals surface area contributed by atoms with Crippen LogP contribution in [-0.4, -0.2) is 54.3 Å². The van der Waals surface area contributed by atoms with Crippen LogP contribution in [0.15, 0.2) is 53.0 Å². The second-order valence-electron chi connectivity index (χ2n) is 6.92. The number of hydrogen-bond donors (Lipinski definition) is 1. The molecule has 3 rings (SSSR count). The summed E-state index contributed by atoms with van der Waals surface area (Å²) < 4.78 is 0.972. The van der Waals surface area contributed by atoms with Crippen molar-refractivity contribution < 1.29 is 9.59 Å². The van der Waals surface area contributed by atoms with E-state index in [2.05, 4.69) is 27.3 Å². The molecule has 0 aromatic heterocycles. The minimum atomic E-state index is -0.148. The lowest BCUT2D eigenvalue weighted by Crippen LogP contribution is -2.47. The van der Waals surface area contributed by atoms with Crippen LogP contribution in [-0.2, 0) is 11.3 Å². The lowest BCUT2D eigenvalue weighted by Gasteiger charge is -2.29. The molecule has 0 bridgehead atoms. The SMILES string of the molecule is N#Cc1ccc(C(=O)N(CCC(=O)N2CCNCC2)Cc2ccc(Br)cc2)cc1. The summed E-state index contributed by atoms with van der Waals surface area (Å²) in [5.74, 6) is -0.0783.